The molecule has 0 saturated heterocycles. The number of anilines is 1. The number of carbonyl (C=O) groups is 1. The van der Waals surface area contributed by atoms with Crippen LogP contribution >= 0.6 is 0 Å². The van der Waals surface area contributed by atoms with Gasteiger partial charge in [0, 0.05) is 11.9 Å². The fourth-order valence-electron chi connectivity index (χ4n) is 1.84. The maximum Gasteiger partial charge on any atom is 0.226 e. The predicted molar refractivity (Wildman–Crippen MR) is 82.0 cm³/mol. The summed E-state index contributed by atoms with van der Waals surface area (Å²) in [6.45, 7) is 2.81. The molecule has 3 N–H and O–H groups in total. The van der Waals surface area contributed by atoms with E-state index in [-0.39, 0.29) is 12.3 Å². The van der Waals surface area contributed by atoms with Crippen molar-refractivity contribution in [2.24, 2.45) is 0 Å². The van der Waals surface area contributed by atoms with Crippen molar-refractivity contribution in [3.8, 4) is 5.75 Å². The minimum absolute atomic E-state index is 0.0577. The van der Waals surface area contributed by atoms with Gasteiger partial charge in [-0.25, -0.2) is 0 Å². The van der Waals surface area contributed by atoms with Crippen LogP contribution in [-0.2, 0) is 11.2 Å². The second kappa shape index (κ2) is 7.28. The molecule has 1 aromatic heterocycles. The summed E-state index contributed by atoms with van der Waals surface area (Å²) in [7, 11) is 0. The molecule has 0 unspecified atom stereocenters. The highest BCUT2D eigenvalue weighted by atomic mass is 16.5. The fourth-order valence-corrected chi connectivity index (χ4v) is 1.84. The zero-order valence-corrected chi connectivity index (χ0v) is 12.0. The van der Waals surface area contributed by atoms with Gasteiger partial charge < -0.3 is 15.8 Å². The van der Waals surface area contributed by atoms with E-state index in [9.17, 15) is 4.79 Å². The quantitative estimate of drug-likeness (QED) is 0.625. The maximum absolute atomic E-state index is 11.8. The smallest absolute Gasteiger partial charge is 0.226 e. The van der Waals surface area contributed by atoms with E-state index in [1.807, 2.05) is 19.1 Å². The van der Waals surface area contributed by atoms with Crippen LogP contribution < -0.4 is 15.8 Å². The first kappa shape index (κ1) is 14.8. The lowest BCUT2D eigenvalue weighted by Crippen LogP contribution is -2.29. The Morgan fingerprint density at radius 3 is 2.76 bits per heavy atom. The summed E-state index contributed by atoms with van der Waals surface area (Å²) in [5.41, 5.74) is 8.10. The molecule has 0 saturated carbocycles. The number of pyridine rings is 1. The Morgan fingerprint density at radius 1 is 1.29 bits per heavy atom. The predicted octanol–water partition coefficient (Wildman–Crippen LogP) is 1.71. The Bertz CT molecular complexity index is 597. The van der Waals surface area contributed by atoms with Gasteiger partial charge in [0.05, 0.1) is 18.7 Å². The second-order valence-corrected chi connectivity index (χ2v) is 4.71. The molecule has 1 aromatic carbocycles. The number of benzene rings is 1. The van der Waals surface area contributed by atoms with Gasteiger partial charge in [-0.2, -0.15) is 0 Å². The van der Waals surface area contributed by atoms with Crippen LogP contribution in [0.3, 0.4) is 0 Å². The molecule has 0 aliphatic heterocycles. The summed E-state index contributed by atoms with van der Waals surface area (Å²) < 4.78 is 5.50. The molecule has 0 radical (unpaired) electrons. The minimum atomic E-state index is -0.0577. The van der Waals surface area contributed by atoms with Crippen molar-refractivity contribution < 1.29 is 9.53 Å². The number of aryl methyl sites for hydroxylation is 1. The van der Waals surface area contributed by atoms with Crippen molar-refractivity contribution in [2.75, 3.05) is 18.9 Å². The lowest BCUT2D eigenvalue weighted by molar-refractivity contribution is -0.120. The van der Waals surface area contributed by atoms with Crippen LogP contribution in [0.4, 0.5) is 5.69 Å². The van der Waals surface area contributed by atoms with Gasteiger partial charge in [0.15, 0.2) is 0 Å². The number of hydrogen-bond donors (Lipinski definition) is 2. The van der Waals surface area contributed by atoms with Gasteiger partial charge in [-0.15, -0.1) is 0 Å². The number of ether oxygens (including phenoxy) is 1. The molecule has 0 atom stereocenters. The Labute approximate surface area is 124 Å². The van der Waals surface area contributed by atoms with Crippen LogP contribution in [0.5, 0.6) is 5.75 Å². The van der Waals surface area contributed by atoms with E-state index in [1.165, 1.54) is 0 Å². The Morgan fingerprint density at radius 2 is 2.05 bits per heavy atom. The summed E-state index contributed by atoms with van der Waals surface area (Å²) in [5.74, 6) is 0.678. The van der Waals surface area contributed by atoms with Crippen LogP contribution in [-0.4, -0.2) is 24.0 Å². The summed E-state index contributed by atoms with van der Waals surface area (Å²) in [4.78, 5) is 16.0. The molecule has 1 amide bonds. The van der Waals surface area contributed by atoms with Gasteiger partial charge in [0.2, 0.25) is 5.91 Å². The van der Waals surface area contributed by atoms with Gasteiger partial charge in [-0.05, 0) is 42.8 Å². The summed E-state index contributed by atoms with van der Waals surface area (Å²) >= 11 is 0. The van der Waals surface area contributed by atoms with Gasteiger partial charge >= 0.3 is 0 Å². The standard InChI is InChI=1S/C16H19N3O2/c1-12-3-2-8-18-15(12)11-16(20)19-9-10-21-14-6-4-13(17)5-7-14/h2-8H,9-11,17H2,1H3,(H,19,20). The molecule has 0 spiro atoms. The van der Waals surface area contributed by atoms with E-state index in [0.717, 1.165) is 17.0 Å². The summed E-state index contributed by atoms with van der Waals surface area (Å²) in [6, 6.07) is 11.0. The van der Waals surface area contributed by atoms with Crippen molar-refractivity contribution in [1.82, 2.24) is 10.3 Å². The molecule has 0 fully saturated rings. The highest BCUT2D eigenvalue weighted by Gasteiger charge is 2.06. The third-order valence-corrected chi connectivity index (χ3v) is 3.02. The van der Waals surface area contributed by atoms with E-state index >= 15 is 0 Å². The van der Waals surface area contributed by atoms with Crippen LogP contribution in [0.2, 0.25) is 0 Å². The third-order valence-electron chi connectivity index (χ3n) is 3.02. The average molecular weight is 285 g/mol. The molecule has 2 rings (SSSR count). The van der Waals surface area contributed by atoms with Crippen LogP contribution in [0.25, 0.3) is 0 Å². The molecule has 0 aliphatic carbocycles. The number of hydrogen-bond acceptors (Lipinski definition) is 4. The molecular formula is C16H19N3O2. The molecule has 0 aliphatic rings. The number of nitrogen functional groups attached to an aromatic ring is 1. The number of nitrogens with two attached hydrogens (primary N) is 1. The molecule has 1 heterocycles. The van der Waals surface area contributed by atoms with Crippen molar-refractivity contribution >= 4 is 11.6 Å². The van der Waals surface area contributed by atoms with Crippen LogP contribution in [0.15, 0.2) is 42.6 Å². The number of nitrogens with one attached hydrogen (secondary N) is 1. The molecule has 21 heavy (non-hydrogen) atoms. The van der Waals surface area contributed by atoms with Crippen LogP contribution in [0, 0.1) is 6.92 Å². The zero-order valence-electron chi connectivity index (χ0n) is 12.0. The monoisotopic (exact) mass is 285 g/mol. The Hall–Kier alpha value is -2.56. The van der Waals surface area contributed by atoms with Gasteiger partial charge in [-0.1, -0.05) is 6.07 Å². The topological polar surface area (TPSA) is 77.2 Å². The van der Waals surface area contributed by atoms with Gasteiger partial charge in [-0.3, -0.25) is 9.78 Å². The largest absolute Gasteiger partial charge is 0.492 e. The number of nitrogens with zero attached hydrogens (tertiary/aromatic N) is 1. The van der Waals surface area contributed by atoms with E-state index in [4.69, 9.17) is 10.5 Å². The number of rotatable bonds is 6. The average Bonchev–Trinajstić information content (AvgIpc) is 2.48. The van der Waals surface area contributed by atoms with Gasteiger partial charge in [0.25, 0.3) is 0 Å². The van der Waals surface area contributed by atoms with E-state index in [1.54, 1.807) is 30.5 Å². The fraction of sp³-hybridized carbons (Fsp3) is 0.250. The summed E-state index contributed by atoms with van der Waals surface area (Å²) in [5, 5.41) is 2.81. The van der Waals surface area contributed by atoms with Gasteiger partial charge in [0.1, 0.15) is 12.4 Å². The van der Waals surface area contributed by atoms with Crippen molar-refractivity contribution in [3.05, 3.63) is 53.9 Å². The van der Waals surface area contributed by atoms with E-state index in [2.05, 4.69) is 10.3 Å². The maximum atomic E-state index is 11.8. The third kappa shape index (κ3) is 4.80. The van der Waals surface area contributed by atoms with E-state index < -0.39 is 0 Å². The zero-order chi connectivity index (χ0) is 15.1. The number of carbonyl (C=O) groups excluding carboxylic acids is 1. The first-order valence-corrected chi connectivity index (χ1v) is 6.80. The number of amides is 1. The highest BCUT2D eigenvalue weighted by molar-refractivity contribution is 5.78. The second-order valence-electron chi connectivity index (χ2n) is 4.71. The lowest BCUT2D eigenvalue weighted by Gasteiger charge is -2.08. The van der Waals surface area contributed by atoms with Crippen LogP contribution in [0.1, 0.15) is 11.3 Å². The summed E-state index contributed by atoms with van der Waals surface area (Å²) in [6.07, 6.45) is 1.98. The first-order chi connectivity index (χ1) is 10.1. The molecule has 5 heteroatoms. The highest BCUT2D eigenvalue weighted by Crippen LogP contribution is 2.12. The Kier molecular flexibility index (Phi) is 5.15. The SMILES string of the molecule is Cc1cccnc1CC(=O)NCCOc1ccc(N)cc1. The Balaban J connectivity index is 1.70. The van der Waals surface area contributed by atoms with Crippen molar-refractivity contribution in [1.29, 1.82) is 0 Å². The molecule has 110 valence electrons. The first-order valence-electron chi connectivity index (χ1n) is 6.80. The van der Waals surface area contributed by atoms with Crippen molar-refractivity contribution in [2.45, 2.75) is 13.3 Å². The molecule has 2 aromatic rings. The minimum Gasteiger partial charge on any atom is -0.492 e. The normalized spacial score (nSPS) is 10.1. The molecule has 5 nitrogen and oxygen atoms in total. The van der Waals surface area contributed by atoms with Crippen molar-refractivity contribution in [3.63, 3.8) is 0 Å². The number of aromatic nitrogens is 1. The lowest BCUT2D eigenvalue weighted by atomic mass is 10.1. The molecular weight excluding hydrogens is 266 g/mol. The molecule has 0 bridgehead atoms. The van der Waals surface area contributed by atoms with E-state index in [0.29, 0.717) is 18.8 Å².